The summed E-state index contributed by atoms with van der Waals surface area (Å²) < 4.78 is 23.6. The van der Waals surface area contributed by atoms with Crippen LogP contribution in [-0.4, -0.2) is 73.7 Å². The van der Waals surface area contributed by atoms with Crippen LogP contribution >= 0.6 is 0 Å². The number of pyridine rings is 1. The van der Waals surface area contributed by atoms with Crippen LogP contribution in [0.5, 0.6) is 0 Å². The fourth-order valence-corrected chi connectivity index (χ4v) is 5.34. The zero-order valence-corrected chi connectivity index (χ0v) is 19.9. The van der Waals surface area contributed by atoms with Crippen LogP contribution in [0.3, 0.4) is 0 Å². The molecule has 5 heterocycles. The first kappa shape index (κ1) is 22.9. The van der Waals surface area contributed by atoms with Gasteiger partial charge in [0, 0.05) is 43.1 Å². The predicted molar refractivity (Wildman–Crippen MR) is 132 cm³/mol. The van der Waals surface area contributed by atoms with Crippen LogP contribution in [-0.2, 0) is 4.74 Å². The maximum Gasteiger partial charge on any atom is 0.257 e. The molecule has 4 atom stereocenters. The van der Waals surface area contributed by atoms with Crippen LogP contribution < -0.4 is 10.6 Å². The van der Waals surface area contributed by atoms with Crippen molar-refractivity contribution < 1.29 is 19.0 Å². The van der Waals surface area contributed by atoms with E-state index >= 15 is 0 Å². The number of ether oxygens (including phenoxy) is 1. The summed E-state index contributed by atoms with van der Waals surface area (Å²) in [6.45, 7) is 0.551. The SMILES string of the molecule is CNc1cc(-c2cn([C@@H]3CCOC[C@@H]3F)c3ncccc23)nc2c(C(=O)NC3CCC[C@H]3O)cnn12. The Hall–Kier alpha value is -3.57. The average molecular weight is 494 g/mol. The zero-order chi connectivity index (χ0) is 24.8. The molecule has 11 heteroatoms. The first-order valence-electron chi connectivity index (χ1n) is 12.3. The number of amides is 1. The summed E-state index contributed by atoms with van der Waals surface area (Å²) in [5, 5.41) is 21.4. The van der Waals surface area contributed by atoms with Crippen molar-refractivity contribution in [3.05, 3.63) is 42.4 Å². The van der Waals surface area contributed by atoms with Gasteiger partial charge >= 0.3 is 0 Å². The number of aliphatic hydroxyl groups excluding tert-OH is 1. The Morgan fingerprint density at radius 2 is 2.17 bits per heavy atom. The maximum absolute atomic E-state index is 14.8. The van der Waals surface area contributed by atoms with Crippen molar-refractivity contribution >= 4 is 28.4 Å². The van der Waals surface area contributed by atoms with Gasteiger partial charge in [-0.25, -0.2) is 14.4 Å². The van der Waals surface area contributed by atoms with Gasteiger partial charge in [0.2, 0.25) is 0 Å². The van der Waals surface area contributed by atoms with Gasteiger partial charge in [-0.05, 0) is 37.8 Å². The number of halogens is 1. The number of hydrogen-bond donors (Lipinski definition) is 3. The van der Waals surface area contributed by atoms with Crippen LogP contribution in [0, 0.1) is 0 Å². The minimum absolute atomic E-state index is 0.0601. The molecule has 0 radical (unpaired) electrons. The predicted octanol–water partition coefficient (Wildman–Crippen LogP) is 2.73. The monoisotopic (exact) mass is 493 g/mol. The second-order valence-electron chi connectivity index (χ2n) is 9.42. The quantitative estimate of drug-likeness (QED) is 0.391. The highest BCUT2D eigenvalue weighted by Gasteiger charge is 2.31. The highest BCUT2D eigenvalue weighted by molar-refractivity contribution is 6.01. The summed E-state index contributed by atoms with van der Waals surface area (Å²) in [5.74, 6) is 0.323. The van der Waals surface area contributed by atoms with Gasteiger partial charge < -0.3 is 25.0 Å². The van der Waals surface area contributed by atoms with E-state index in [1.165, 1.54) is 6.20 Å². The number of aliphatic hydroxyl groups is 1. The Labute approximate surface area is 206 Å². The van der Waals surface area contributed by atoms with Gasteiger partial charge in [-0.1, -0.05) is 0 Å². The Kier molecular flexibility index (Phi) is 5.81. The van der Waals surface area contributed by atoms with E-state index in [1.807, 2.05) is 29.0 Å². The van der Waals surface area contributed by atoms with Crippen LogP contribution in [0.4, 0.5) is 10.2 Å². The molecule has 36 heavy (non-hydrogen) atoms. The van der Waals surface area contributed by atoms with Gasteiger partial charge in [0.25, 0.3) is 5.91 Å². The molecule has 0 aromatic carbocycles. The van der Waals surface area contributed by atoms with E-state index in [0.29, 0.717) is 47.8 Å². The highest BCUT2D eigenvalue weighted by atomic mass is 19.1. The molecular weight excluding hydrogens is 465 g/mol. The van der Waals surface area contributed by atoms with Crippen molar-refractivity contribution in [3.8, 4) is 11.3 Å². The molecule has 1 amide bonds. The van der Waals surface area contributed by atoms with Crippen molar-refractivity contribution in [3.63, 3.8) is 0 Å². The summed E-state index contributed by atoms with van der Waals surface area (Å²) in [5.41, 5.74) is 2.79. The topological polar surface area (TPSA) is 119 Å². The van der Waals surface area contributed by atoms with Crippen LogP contribution in [0.25, 0.3) is 27.9 Å². The molecule has 1 aliphatic carbocycles. The lowest BCUT2D eigenvalue weighted by Gasteiger charge is -2.27. The van der Waals surface area contributed by atoms with E-state index in [0.717, 1.165) is 23.8 Å². The molecule has 0 bridgehead atoms. The first-order chi connectivity index (χ1) is 17.5. The Bertz CT molecular complexity index is 1430. The van der Waals surface area contributed by atoms with Gasteiger partial charge in [-0.2, -0.15) is 9.61 Å². The van der Waals surface area contributed by atoms with Crippen LogP contribution in [0.2, 0.25) is 0 Å². The van der Waals surface area contributed by atoms with Crippen molar-refractivity contribution in [2.75, 3.05) is 25.6 Å². The van der Waals surface area contributed by atoms with Crippen LogP contribution in [0.15, 0.2) is 36.8 Å². The summed E-state index contributed by atoms with van der Waals surface area (Å²) in [4.78, 5) is 22.5. The van der Waals surface area contributed by atoms with E-state index in [2.05, 4.69) is 20.7 Å². The Balaban J connectivity index is 1.46. The average Bonchev–Trinajstić information content (AvgIpc) is 3.61. The van der Waals surface area contributed by atoms with Gasteiger partial charge in [-0.3, -0.25) is 4.79 Å². The van der Waals surface area contributed by atoms with E-state index < -0.39 is 12.3 Å². The van der Waals surface area contributed by atoms with Crippen molar-refractivity contribution in [2.24, 2.45) is 0 Å². The molecule has 2 aliphatic rings. The number of anilines is 1. The van der Waals surface area contributed by atoms with Gasteiger partial charge in [0.05, 0.1) is 36.7 Å². The summed E-state index contributed by atoms with van der Waals surface area (Å²) in [6.07, 6.45) is 6.24. The van der Waals surface area contributed by atoms with Crippen molar-refractivity contribution in [1.29, 1.82) is 0 Å². The standard InChI is InChI=1S/C25H28FN7O3/c1-27-22-10-19(30-24-15(11-29-33(22)24)25(35)31-18-5-2-6-21(18)34)16-12-32(20-7-9-36-13-17(20)26)23-14(16)4-3-8-28-23/h3-4,8,10-12,17-18,20-21,27,34H,2,5-7,9,13H2,1H3,(H,31,35)/t17-,18?,20+,21+/m0/s1. The fourth-order valence-electron chi connectivity index (χ4n) is 5.34. The maximum atomic E-state index is 14.8. The minimum Gasteiger partial charge on any atom is -0.391 e. The van der Waals surface area contributed by atoms with E-state index in [-0.39, 0.29) is 24.6 Å². The number of nitrogens with zero attached hydrogens (tertiary/aromatic N) is 5. The second kappa shape index (κ2) is 9.14. The van der Waals surface area contributed by atoms with Crippen molar-refractivity contribution in [2.45, 2.75) is 50.0 Å². The number of hydrogen-bond acceptors (Lipinski definition) is 7. The number of rotatable bonds is 5. The van der Waals surface area contributed by atoms with E-state index in [9.17, 15) is 14.3 Å². The Morgan fingerprint density at radius 3 is 2.94 bits per heavy atom. The zero-order valence-electron chi connectivity index (χ0n) is 19.9. The second-order valence-corrected chi connectivity index (χ2v) is 9.42. The fraction of sp³-hybridized carbons (Fsp3) is 0.440. The minimum atomic E-state index is -1.14. The molecule has 2 fully saturated rings. The molecule has 10 nitrogen and oxygen atoms in total. The molecule has 3 N–H and O–H groups in total. The molecule has 4 aromatic heterocycles. The highest BCUT2D eigenvalue weighted by Crippen LogP contribution is 2.35. The molecule has 188 valence electrons. The third-order valence-corrected chi connectivity index (χ3v) is 7.24. The normalized spacial score (nSPS) is 24.4. The first-order valence-corrected chi connectivity index (χ1v) is 12.3. The number of nitrogens with one attached hydrogen (secondary N) is 2. The molecule has 0 spiro atoms. The lowest BCUT2D eigenvalue weighted by molar-refractivity contribution is 0.00443. The summed E-state index contributed by atoms with van der Waals surface area (Å²) in [6, 6.07) is 4.97. The number of alkyl halides is 1. The van der Waals surface area contributed by atoms with Gasteiger partial charge in [0.1, 0.15) is 23.2 Å². The molecule has 1 unspecified atom stereocenters. The molecule has 4 aromatic rings. The summed E-state index contributed by atoms with van der Waals surface area (Å²) in [7, 11) is 1.77. The lowest BCUT2D eigenvalue weighted by Crippen LogP contribution is -2.39. The number of carbonyl (C=O) groups is 1. The van der Waals surface area contributed by atoms with E-state index in [1.54, 1.807) is 17.8 Å². The molecule has 1 aliphatic heterocycles. The smallest absolute Gasteiger partial charge is 0.257 e. The van der Waals surface area contributed by atoms with Gasteiger partial charge in [0.15, 0.2) is 5.65 Å². The molecule has 6 rings (SSSR count). The number of aromatic nitrogens is 5. The molecular formula is C25H28FN7O3. The third-order valence-electron chi connectivity index (χ3n) is 7.24. The largest absolute Gasteiger partial charge is 0.391 e. The number of carbonyl (C=O) groups excluding carboxylic acids is 1. The molecule has 1 saturated heterocycles. The molecule has 1 saturated carbocycles. The lowest BCUT2D eigenvalue weighted by atomic mass is 10.1. The number of fused-ring (bicyclic) bond motifs is 2. The van der Waals surface area contributed by atoms with Gasteiger partial charge in [-0.15, -0.1) is 0 Å². The Morgan fingerprint density at radius 1 is 1.28 bits per heavy atom. The third kappa shape index (κ3) is 3.79. The van der Waals surface area contributed by atoms with E-state index in [4.69, 9.17) is 9.72 Å². The van der Waals surface area contributed by atoms with Crippen molar-refractivity contribution in [1.82, 2.24) is 29.5 Å². The van der Waals surface area contributed by atoms with Crippen LogP contribution in [0.1, 0.15) is 42.1 Å². The summed E-state index contributed by atoms with van der Waals surface area (Å²) >= 11 is 0.